The Morgan fingerprint density at radius 1 is 0.271 bits per heavy atom. The number of nitrogens with zero attached hydrogens (tertiary/aromatic N) is 4. The van der Waals surface area contributed by atoms with Crippen molar-refractivity contribution in [2.75, 3.05) is 46.8 Å². The molecule has 4 heteroatoms. The van der Waals surface area contributed by atoms with Crippen LogP contribution in [0.4, 0.5) is 0 Å². The van der Waals surface area contributed by atoms with E-state index in [1.54, 1.807) is 0 Å². The lowest BCUT2D eigenvalue weighted by Gasteiger charge is -2.41. The van der Waals surface area contributed by atoms with Gasteiger partial charge in [-0.1, -0.05) is 336 Å². The second-order valence-electron chi connectivity index (χ2n) is 23.4. The van der Waals surface area contributed by atoms with E-state index in [1.165, 1.54) is 334 Å². The summed E-state index contributed by atoms with van der Waals surface area (Å²) in [6.07, 6.45) is 73.2. The number of unbranched alkanes of at least 4 members (excludes halogenated alkanes) is 48. The van der Waals surface area contributed by atoms with E-state index in [0.29, 0.717) is 0 Å². The summed E-state index contributed by atoms with van der Waals surface area (Å²) in [7, 11) is 4.71. The van der Waals surface area contributed by atoms with Gasteiger partial charge in [-0.05, 0) is 66.0 Å². The van der Waals surface area contributed by atoms with Crippen molar-refractivity contribution < 1.29 is 0 Å². The van der Waals surface area contributed by atoms with E-state index in [1.807, 2.05) is 0 Å². The molecule has 0 saturated heterocycles. The largest absolute Gasteiger partial charge is 0.305 e. The molecule has 0 aromatic rings. The topological polar surface area (TPSA) is 33.5 Å². The maximum atomic E-state index is 11.0. The van der Waals surface area contributed by atoms with Gasteiger partial charge in [0.15, 0.2) is 0 Å². The number of hydrogen-bond acceptors (Lipinski definition) is 4. The molecule has 0 spiro atoms. The van der Waals surface area contributed by atoms with Gasteiger partial charge >= 0.3 is 0 Å². The molecule has 0 N–H and O–H groups in total. The van der Waals surface area contributed by atoms with Gasteiger partial charge in [0.1, 0.15) is 0 Å². The summed E-state index contributed by atoms with van der Waals surface area (Å²) in [5, 5.41) is 11.0. The molecule has 0 aliphatic rings. The quantitative estimate of drug-likeness (QED) is 0.0449. The van der Waals surface area contributed by atoms with Crippen LogP contribution in [0.1, 0.15) is 362 Å². The molecule has 0 bridgehead atoms. The molecule has 0 fully saturated rings. The van der Waals surface area contributed by atoms with Gasteiger partial charge < -0.3 is 4.90 Å². The lowest BCUT2D eigenvalue weighted by atomic mass is 10.0. The minimum Gasteiger partial charge on any atom is -0.305 e. The summed E-state index contributed by atoms with van der Waals surface area (Å²) in [5.74, 6) is 0.0170. The molecule has 70 heavy (non-hydrogen) atoms. The first-order valence-electron chi connectivity index (χ1n) is 33.1. The smallest absolute Gasteiger partial charge is 0.0878 e. The lowest BCUT2D eigenvalue weighted by molar-refractivity contribution is 0.0193. The maximum absolute atomic E-state index is 11.0. The first-order chi connectivity index (χ1) is 34.5. The highest BCUT2D eigenvalue weighted by molar-refractivity contribution is 4.95. The molecule has 0 heterocycles. The zero-order chi connectivity index (χ0) is 50.9. The van der Waals surface area contributed by atoms with Crippen molar-refractivity contribution in [2.45, 2.75) is 368 Å². The standard InChI is InChI=1S/C66H134N4/c1-7-11-15-19-23-27-31-33-35-37-39-41-43-47-51-55-59-68(5)64-65(63-67)66(69(6)60-56-52-48-44-42-40-38-36-34-32-28-24-20-16-12-8-2)70(61-57-53-49-45-29-25-21-17-13-9-3)62-58-54-50-46-30-26-22-18-14-10-4/h65-66H,7-62,64H2,1-6H3. The zero-order valence-electron chi connectivity index (χ0n) is 49.7. The van der Waals surface area contributed by atoms with Crippen LogP contribution in [0.2, 0.25) is 0 Å². The van der Waals surface area contributed by atoms with Crippen LogP contribution in [0, 0.1) is 17.2 Å². The molecule has 0 radical (unpaired) electrons. The fraction of sp³-hybridized carbons (Fsp3) is 0.985. The Hall–Kier alpha value is -0.630. The summed E-state index contributed by atoms with van der Waals surface area (Å²) in [4.78, 5) is 8.03. The predicted octanol–water partition coefficient (Wildman–Crippen LogP) is 22.0. The highest BCUT2D eigenvalue weighted by Crippen LogP contribution is 2.23. The summed E-state index contributed by atoms with van der Waals surface area (Å²) < 4.78 is 0. The Labute approximate surface area is 444 Å². The van der Waals surface area contributed by atoms with Crippen LogP contribution in [-0.2, 0) is 0 Å². The SMILES string of the molecule is CCCCCCCCCCCCCCCCCCN(C)CC(C#N)C(N(C)CCCCCCCCCCCCCCCCCC)N(CCCCCCCCCCCC)CCCCCCCCCCCC. The van der Waals surface area contributed by atoms with Crippen LogP contribution in [0.25, 0.3) is 0 Å². The molecular formula is C66H134N4. The van der Waals surface area contributed by atoms with Gasteiger partial charge in [-0.25, -0.2) is 0 Å². The van der Waals surface area contributed by atoms with Gasteiger partial charge in [-0.15, -0.1) is 0 Å². The van der Waals surface area contributed by atoms with Crippen LogP contribution in [-0.4, -0.2) is 67.7 Å². The van der Waals surface area contributed by atoms with E-state index in [2.05, 4.69) is 62.6 Å². The summed E-state index contributed by atoms with van der Waals surface area (Å²) in [6.45, 7) is 14.7. The molecular weight excluding hydrogens is 849 g/mol. The lowest BCUT2D eigenvalue weighted by Crippen LogP contribution is -2.54. The molecule has 418 valence electrons. The van der Waals surface area contributed by atoms with E-state index < -0.39 is 0 Å². The van der Waals surface area contributed by atoms with Crippen LogP contribution < -0.4 is 0 Å². The van der Waals surface area contributed by atoms with Crippen LogP contribution in [0.15, 0.2) is 0 Å². The molecule has 2 unspecified atom stereocenters. The molecule has 0 saturated carbocycles. The molecule has 0 aromatic carbocycles. The van der Waals surface area contributed by atoms with Crippen molar-refractivity contribution in [3.05, 3.63) is 0 Å². The molecule has 0 rings (SSSR count). The Kier molecular flexibility index (Phi) is 58.7. The maximum Gasteiger partial charge on any atom is 0.0878 e. The van der Waals surface area contributed by atoms with E-state index in [0.717, 1.165) is 32.7 Å². The molecule has 4 nitrogen and oxygen atoms in total. The van der Waals surface area contributed by atoms with Crippen LogP contribution in [0.5, 0.6) is 0 Å². The summed E-state index contributed by atoms with van der Waals surface area (Å²) in [6, 6.07) is 2.96. The normalized spacial score (nSPS) is 12.8. The Morgan fingerprint density at radius 2 is 0.471 bits per heavy atom. The average Bonchev–Trinajstić information content (AvgIpc) is 3.36. The highest BCUT2D eigenvalue weighted by atomic mass is 15.3. The number of rotatable bonds is 61. The summed E-state index contributed by atoms with van der Waals surface area (Å²) >= 11 is 0. The van der Waals surface area contributed by atoms with Gasteiger partial charge in [-0.2, -0.15) is 5.26 Å². The van der Waals surface area contributed by atoms with Crippen molar-refractivity contribution in [2.24, 2.45) is 5.92 Å². The second-order valence-corrected chi connectivity index (χ2v) is 23.4. The first-order valence-corrected chi connectivity index (χ1v) is 33.1. The molecule has 0 aliphatic heterocycles. The Balaban J connectivity index is 5.23. The van der Waals surface area contributed by atoms with Gasteiger partial charge in [-0.3, -0.25) is 9.80 Å². The van der Waals surface area contributed by atoms with Crippen molar-refractivity contribution in [1.82, 2.24) is 14.7 Å². The molecule has 0 aromatic heterocycles. The van der Waals surface area contributed by atoms with E-state index in [-0.39, 0.29) is 12.1 Å². The Morgan fingerprint density at radius 3 is 0.700 bits per heavy atom. The third-order valence-electron chi connectivity index (χ3n) is 16.2. The number of nitriles is 1. The van der Waals surface area contributed by atoms with E-state index >= 15 is 0 Å². The van der Waals surface area contributed by atoms with Crippen LogP contribution >= 0.6 is 0 Å². The molecule has 0 amide bonds. The monoisotopic (exact) mass is 983 g/mol. The third kappa shape index (κ3) is 49.6. The highest BCUT2D eigenvalue weighted by Gasteiger charge is 2.31. The summed E-state index contributed by atoms with van der Waals surface area (Å²) in [5.41, 5.74) is 0. The predicted molar refractivity (Wildman–Crippen MR) is 317 cm³/mol. The zero-order valence-corrected chi connectivity index (χ0v) is 49.7. The van der Waals surface area contributed by atoms with Crippen molar-refractivity contribution >= 4 is 0 Å². The third-order valence-corrected chi connectivity index (χ3v) is 16.2. The minimum atomic E-state index is 0.0170. The molecule has 2 atom stereocenters. The van der Waals surface area contributed by atoms with Gasteiger partial charge in [0.2, 0.25) is 0 Å². The first kappa shape index (κ1) is 69.4. The van der Waals surface area contributed by atoms with Crippen molar-refractivity contribution in [3.63, 3.8) is 0 Å². The van der Waals surface area contributed by atoms with Gasteiger partial charge in [0.05, 0.1) is 18.2 Å². The average molecular weight is 984 g/mol. The minimum absolute atomic E-state index is 0.0170. The fourth-order valence-corrected chi connectivity index (χ4v) is 11.4. The fourth-order valence-electron chi connectivity index (χ4n) is 11.4. The van der Waals surface area contributed by atoms with Crippen molar-refractivity contribution in [1.29, 1.82) is 5.26 Å². The van der Waals surface area contributed by atoms with Crippen molar-refractivity contribution in [3.8, 4) is 6.07 Å². The van der Waals surface area contributed by atoms with E-state index in [9.17, 15) is 5.26 Å². The van der Waals surface area contributed by atoms with E-state index in [4.69, 9.17) is 0 Å². The van der Waals surface area contributed by atoms with Crippen LogP contribution in [0.3, 0.4) is 0 Å². The molecule has 0 aliphatic carbocycles. The number of hydrogen-bond donors (Lipinski definition) is 0. The van der Waals surface area contributed by atoms with Gasteiger partial charge in [0, 0.05) is 6.54 Å². The van der Waals surface area contributed by atoms with Gasteiger partial charge in [0.25, 0.3) is 0 Å². The Bertz CT molecular complexity index is 969. The second kappa shape index (κ2) is 59.2.